The predicted molar refractivity (Wildman–Crippen MR) is 130 cm³/mol. The van der Waals surface area contributed by atoms with Crippen LogP contribution in [-0.4, -0.2) is 59.1 Å². The van der Waals surface area contributed by atoms with Crippen molar-refractivity contribution in [2.45, 2.75) is 19.9 Å². The van der Waals surface area contributed by atoms with Crippen LogP contribution in [0.25, 0.3) is 11.6 Å². The standard InChI is InChI=1S/C21H27N7O2.HI/c1-4-22-21(24-14-15-7-9-16(10-8-15)20(29)28(2)3)23-12-11-18-25-19(27-26-18)17-6-5-13-30-17;/h5-10,13H,4,11-12,14H2,1-3H3,(H2,22,23,24)(H,25,26,27);1H. The zero-order valence-electron chi connectivity index (χ0n) is 17.9. The summed E-state index contributed by atoms with van der Waals surface area (Å²) in [6.45, 7) is 3.93. The van der Waals surface area contributed by atoms with Gasteiger partial charge in [-0.25, -0.2) is 9.98 Å². The van der Waals surface area contributed by atoms with E-state index in [9.17, 15) is 4.79 Å². The summed E-state index contributed by atoms with van der Waals surface area (Å²) in [7, 11) is 3.48. The first-order valence-electron chi connectivity index (χ1n) is 9.84. The minimum Gasteiger partial charge on any atom is -0.461 e. The normalized spacial score (nSPS) is 11.0. The zero-order valence-corrected chi connectivity index (χ0v) is 20.2. The number of aliphatic imine (C=N–C) groups is 1. The summed E-state index contributed by atoms with van der Waals surface area (Å²) >= 11 is 0. The van der Waals surface area contributed by atoms with E-state index in [0.717, 1.165) is 23.9 Å². The number of aromatic nitrogens is 3. The van der Waals surface area contributed by atoms with Gasteiger partial charge in [-0.2, -0.15) is 5.10 Å². The highest BCUT2D eigenvalue weighted by atomic mass is 127. The van der Waals surface area contributed by atoms with Crippen molar-refractivity contribution in [3.63, 3.8) is 0 Å². The third-order valence-electron chi connectivity index (χ3n) is 4.30. The van der Waals surface area contributed by atoms with Gasteiger partial charge in [0.15, 0.2) is 11.7 Å². The van der Waals surface area contributed by atoms with Gasteiger partial charge in [0.2, 0.25) is 5.82 Å². The average Bonchev–Trinajstić information content (AvgIpc) is 3.43. The second-order valence-corrected chi connectivity index (χ2v) is 6.85. The van der Waals surface area contributed by atoms with E-state index in [1.807, 2.05) is 37.3 Å². The summed E-state index contributed by atoms with van der Waals surface area (Å²) in [5, 5.41) is 13.6. The summed E-state index contributed by atoms with van der Waals surface area (Å²) in [6, 6.07) is 11.1. The largest absolute Gasteiger partial charge is 0.461 e. The molecule has 31 heavy (non-hydrogen) atoms. The third-order valence-corrected chi connectivity index (χ3v) is 4.30. The van der Waals surface area contributed by atoms with E-state index in [4.69, 9.17) is 4.42 Å². The van der Waals surface area contributed by atoms with Crippen molar-refractivity contribution in [3.8, 4) is 11.6 Å². The Morgan fingerprint density at radius 3 is 2.61 bits per heavy atom. The molecule has 2 aromatic heterocycles. The van der Waals surface area contributed by atoms with E-state index in [0.29, 0.717) is 36.7 Å². The lowest BCUT2D eigenvalue weighted by Gasteiger charge is -2.11. The topological polar surface area (TPSA) is 111 Å². The Kier molecular flexibility index (Phi) is 9.50. The predicted octanol–water partition coefficient (Wildman–Crippen LogP) is 2.68. The summed E-state index contributed by atoms with van der Waals surface area (Å²) < 4.78 is 5.30. The molecule has 0 aliphatic carbocycles. The van der Waals surface area contributed by atoms with Gasteiger partial charge in [-0.1, -0.05) is 12.1 Å². The van der Waals surface area contributed by atoms with Gasteiger partial charge in [-0.05, 0) is 36.8 Å². The number of carbonyl (C=O) groups excluding carboxylic acids is 1. The molecule has 0 atom stereocenters. The summed E-state index contributed by atoms with van der Waals surface area (Å²) in [6.07, 6.45) is 2.26. The number of benzene rings is 1. The van der Waals surface area contributed by atoms with Crippen molar-refractivity contribution >= 4 is 35.8 Å². The molecule has 1 aromatic carbocycles. The highest BCUT2D eigenvalue weighted by molar-refractivity contribution is 14.0. The number of furan rings is 1. The maximum Gasteiger partial charge on any atom is 0.253 e. The zero-order chi connectivity index (χ0) is 21.3. The van der Waals surface area contributed by atoms with Crippen LogP contribution in [0.4, 0.5) is 0 Å². The summed E-state index contributed by atoms with van der Waals surface area (Å²) in [5.74, 6) is 2.66. The number of halogens is 1. The number of carbonyl (C=O) groups is 1. The first-order valence-corrected chi connectivity index (χ1v) is 9.84. The number of nitrogens with zero attached hydrogens (tertiary/aromatic N) is 4. The van der Waals surface area contributed by atoms with Crippen LogP contribution in [-0.2, 0) is 13.0 Å². The quantitative estimate of drug-likeness (QED) is 0.232. The molecular weight excluding hydrogens is 509 g/mol. The number of aromatic amines is 1. The van der Waals surface area contributed by atoms with Crippen molar-refractivity contribution < 1.29 is 9.21 Å². The molecule has 3 rings (SSSR count). The van der Waals surface area contributed by atoms with Gasteiger partial charge >= 0.3 is 0 Å². The maximum atomic E-state index is 12.0. The first kappa shape index (κ1) is 24.4. The summed E-state index contributed by atoms with van der Waals surface area (Å²) in [4.78, 5) is 22.6. The SMILES string of the molecule is CCNC(=NCc1ccc(C(=O)N(C)C)cc1)NCCc1nc(-c2ccco2)n[nH]1.I. The molecule has 9 nitrogen and oxygen atoms in total. The van der Waals surface area contributed by atoms with Gasteiger partial charge in [0.1, 0.15) is 5.82 Å². The third kappa shape index (κ3) is 7.09. The van der Waals surface area contributed by atoms with E-state index in [1.165, 1.54) is 0 Å². The molecule has 3 N–H and O–H groups in total. The molecule has 0 unspecified atom stereocenters. The van der Waals surface area contributed by atoms with Gasteiger partial charge in [0.05, 0.1) is 12.8 Å². The number of hydrogen-bond donors (Lipinski definition) is 3. The van der Waals surface area contributed by atoms with E-state index in [-0.39, 0.29) is 29.9 Å². The Labute approximate surface area is 198 Å². The van der Waals surface area contributed by atoms with Crippen molar-refractivity contribution in [2.75, 3.05) is 27.2 Å². The molecule has 3 aromatic rings. The fourth-order valence-corrected chi connectivity index (χ4v) is 2.75. The van der Waals surface area contributed by atoms with Crippen molar-refractivity contribution in [3.05, 3.63) is 59.6 Å². The number of amides is 1. The second kappa shape index (κ2) is 12.1. The van der Waals surface area contributed by atoms with Crippen LogP contribution in [0.3, 0.4) is 0 Å². The Hall–Kier alpha value is -2.89. The van der Waals surface area contributed by atoms with Gasteiger partial charge in [0.25, 0.3) is 5.91 Å². The molecule has 0 bridgehead atoms. The fraction of sp³-hybridized carbons (Fsp3) is 0.333. The number of hydrogen-bond acceptors (Lipinski definition) is 5. The minimum absolute atomic E-state index is 0. The molecule has 2 heterocycles. The van der Waals surface area contributed by atoms with Crippen molar-refractivity contribution in [1.82, 2.24) is 30.7 Å². The molecule has 166 valence electrons. The molecule has 10 heteroatoms. The van der Waals surface area contributed by atoms with Crippen LogP contribution >= 0.6 is 24.0 Å². The minimum atomic E-state index is -0.0114. The second-order valence-electron chi connectivity index (χ2n) is 6.85. The number of rotatable bonds is 8. The molecule has 0 aliphatic heterocycles. The monoisotopic (exact) mass is 537 g/mol. The lowest BCUT2D eigenvalue weighted by Crippen LogP contribution is -2.38. The van der Waals surface area contributed by atoms with Gasteiger partial charge in [0, 0.05) is 39.2 Å². The van der Waals surface area contributed by atoms with E-state index in [1.54, 1.807) is 31.3 Å². The number of nitrogens with one attached hydrogen (secondary N) is 3. The maximum absolute atomic E-state index is 12.0. The average molecular weight is 537 g/mol. The van der Waals surface area contributed by atoms with Crippen LogP contribution in [0.15, 0.2) is 52.1 Å². The molecular formula is C21H28IN7O2. The van der Waals surface area contributed by atoms with E-state index < -0.39 is 0 Å². The lowest BCUT2D eigenvalue weighted by atomic mass is 10.1. The van der Waals surface area contributed by atoms with Gasteiger partial charge < -0.3 is 20.0 Å². The van der Waals surface area contributed by atoms with Crippen LogP contribution in [0, 0.1) is 0 Å². The lowest BCUT2D eigenvalue weighted by molar-refractivity contribution is 0.0827. The van der Waals surface area contributed by atoms with E-state index in [2.05, 4.69) is 30.8 Å². The molecule has 0 saturated carbocycles. The van der Waals surface area contributed by atoms with Gasteiger partial charge in [-0.15, -0.1) is 24.0 Å². The Balaban J connectivity index is 0.00000341. The van der Waals surface area contributed by atoms with Crippen LogP contribution < -0.4 is 10.6 Å². The van der Waals surface area contributed by atoms with Gasteiger partial charge in [-0.3, -0.25) is 9.89 Å². The number of guanidine groups is 1. The smallest absolute Gasteiger partial charge is 0.253 e. The van der Waals surface area contributed by atoms with Crippen molar-refractivity contribution in [1.29, 1.82) is 0 Å². The van der Waals surface area contributed by atoms with Crippen LogP contribution in [0.1, 0.15) is 28.7 Å². The molecule has 0 fully saturated rings. The Morgan fingerprint density at radius 1 is 1.19 bits per heavy atom. The highest BCUT2D eigenvalue weighted by Gasteiger charge is 2.09. The van der Waals surface area contributed by atoms with E-state index >= 15 is 0 Å². The Bertz CT molecular complexity index is 966. The molecule has 0 aliphatic rings. The molecule has 0 spiro atoms. The van der Waals surface area contributed by atoms with Crippen molar-refractivity contribution in [2.24, 2.45) is 4.99 Å². The first-order chi connectivity index (χ1) is 14.6. The summed E-state index contributed by atoms with van der Waals surface area (Å²) in [5.41, 5.74) is 1.69. The van der Waals surface area contributed by atoms with Crippen LogP contribution in [0.5, 0.6) is 0 Å². The Morgan fingerprint density at radius 2 is 1.97 bits per heavy atom. The molecule has 0 saturated heterocycles. The fourth-order valence-electron chi connectivity index (χ4n) is 2.75. The van der Waals surface area contributed by atoms with Crippen LogP contribution in [0.2, 0.25) is 0 Å². The molecule has 0 radical (unpaired) electrons. The number of H-pyrrole nitrogens is 1. The highest BCUT2D eigenvalue weighted by Crippen LogP contribution is 2.14. The molecule has 1 amide bonds.